The van der Waals surface area contributed by atoms with Gasteiger partial charge in [-0.1, -0.05) is 18.2 Å². The van der Waals surface area contributed by atoms with E-state index in [1.807, 2.05) is 24.3 Å². The highest BCUT2D eigenvalue weighted by molar-refractivity contribution is 5.57. The molecule has 2 rings (SSSR count). The number of furan rings is 1. The Hall–Kier alpha value is -2.03. The second-order valence-corrected chi connectivity index (χ2v) is 3.13. The van der Waals surface area contributed by atoms with Crippen molar-refractivity contribution in [3.63, 3.8) is 0 Å². The maximum Gasteiger partial charge on any atom is 0.216 e. The number of hydrogen-bond acceptors (Lipinski definition) is 2. The maximum absolute atomic E-state index is 11.6. The Labute approximate surface area is 87.9 Å². The molecule has 0 saturated heterocycles. The van der Waals surface area contributed by atoms with Crippen LogP contribution in [-0.2, 0) is 6.42 Å². The zero-order valence-corrected chi connectivity index (χ0v) is 8.17. The average Bonchev–Trinajstić information content (AvgIpc) is 2.80. The van der Waals surface area contributed by atoms with Crippen molar-refractivity contribution in [2.75, 3.05) is 0 Å². The van der Waals surface area contributed by atoms with Crippen molar-refractivity contribution in [3.8, 4) is 0 Å². The van der Waals surface area contributed by atoms with Crippen LogP contribution in [0.15, 0.2) is 53.1 Å². The van der Waals surface area contributed by atoms with E-state index in [0.29, 0.717) is 12.1 Å². The Morgan fingerprint density at radius 3 is 2.60 bits per heavy atom. The average molecular weight is 201 g/mol. The molecular formula is C12H11NO2. The molecule has 3 heteroatoms. The van der Waals surface area contributed by atoms with Gasteiger partial charge in [-0.05, 0) is 12.1 Å². The molecule has 1 aromatic heterocycles. The van der Waals surface area contributed by atoms with E-state index in [9.17, 15) is 5.21 Å². The summed E-state index contributed by atoms with van der Waals surface area (Å²) in [5.74, 6) is 0.784. The Bertz CT molecular complexity index is 432. The molecule has 0 fully saturated rings. The van der Waals surface area contributed by atoms with Gasteiger partial charge in [-0.15, -0.1) is 0 Å². The van der Waals surface area contributed by atoms with E-state index in [-0.39, 0.29) is 0 Å². The Kier molecular flexibility index (Phi) is 2.83. The van der Waals surface area contributed by atoms with Gasteiger partial charge in [0.15, 0.2) is 6.21 Å². The van der Waals surface area contributed by atoms with Gasteiger partial charge < -0.3 is 9.62 Å². The summed E-state index contributed by atoms with van der Waals surface area (Å²) in [4.78, 5) is 0. The molecule has 0 N–H and O–H groups in total. The molecule has 76 valence electrons. The van der Waals surface area contributed by atoms with E-state index in [1.54, 1.807) is 30.7 Å². The van der Waals surface area contributed by atoms with E-state index in [1.165, 1.54) is 0 Å². The van der Waals surface area contributed by atoms with Crippen molar-refractivity contribution in [1.82, 2.24) is 0 Å². The molecule has 1 heterocycles. The normalized spacial score (nSPS) is 11.6. The molecule has 2 aromatic rings. The van der Waals surface area contributed by atoms with Crippen LogP contribution in [0.2, 0.25) is 0 Å². The number of nitrogens with zero attached hydrogens (tertiary/aromatic N) is 1. The first-order valence-electron chi connectivity index (χ1n) is 4.73. The van der Waals surface area contributed by atoms with Gasteiger partial charge in [0.2, 0.25) is 5.69 Å². The molecule has 0 radical (unpaired) electrons. The number of hydrogen-bond donors (Lipinski definition) is 0. The van der Waals surface area contributed by atoms with Crippen LogP contribution in [0.4, 0.5) is 5.69 Å². The maximum atomic E-state index is 11.6. The fourth-order valence-corrected chi connectivity index (χ4v) is 1.28. The van der Waals surface area contributed by atoms with Crippen LogP contribution < -0.4 is 0 Å². The molecule has 0 aliphatic carbocycles. The Balaban J connectivity index is 2.08. The molecule has 3 nitrogen and oxygen atoms in total. The largest absolute Gasteiger partial charge is 0.619 e. The van der Waals surface area contributed by atoms with Crippen molar-refractivity contribution in [3.05, 3.63) is 59.7 Å². The smallest absolute Gasteiger partial charge is 0.216 e. The summed E-state index contributed by atoms with van der Waals surface area (Å²) in [5.41, 5.74) is 0.629. The molecule has 0 aliphatic heterocycles. The van der Waals surface area contributed by atoms with Gasteiger partial charge in [-0.25, -0.2) is 0 Å². The minimum Gasteiger partial charge on any atom is -0.619 e. The van der Waals surface area contributed by atoms with E-state index < -0.39 is 0 Å². The zero-order chi connectivity index (χ0) is 10.5. The van der Waals surface area contributed by atoms with Gasteiger partial charge in [-0.2, -0.15) is 4.74 Å². The van der Waals surface area contributed by atoms with Crippen molar-refractivity contribution < 1.29 is 9.16 Å². The van der Waals surface area contributed by atoms with E-state index >= 15 is 0 Å². The van der Waals surface area contributed by atoms with Crippen molar-refractivity contribution in [2.24, 2.45) is 0 Å². The quantitative estimate of drug-likeness (QED) is 0.331. The van der Waals surface area contributed by atoms with Gasteiger partial charge in [0.05, 0.1) is 12.7 Å². The van der Waals surface area contributed by atoms with Crippen LogP contribution in [0.5, 0.6) is 0 Å². The van der Waals surface area contributed by atoms with Crippen LogP contribution in [-0.4, -0.2) is 11.0 Å². The number of rotatable bonds is 3. The Morgan fingerprint density at radius 1 is 1.13 bits per heavy atom. The predicted molar refractivity (Wildman–Crippen MR) is 58.2 cm³/mol. The van der Waals surface area contributed by atoms with Crippen LogP contribution in [0.1, 0.15) is 5.76 Å². The lowest BCUT2D eigenvalue weighted by molar-refractivity contribution is -0.356. The van der Waals surface area contributed by atoms with Crippen LogP contribution in [0, 0.1) is 5.21 Å². The summed E-state index contributed by atoms with van der Waals surface area (Å²) in [6.45, 7) is 0. The topological polar surface area (TPSA) is 39.2 Å². The molecule has 0 amide bonds. The first-order valence-corrected chi connectivity index (χ1v) is 4.73. The second kappa shape index (κ2) is 4.46. The molecule has 0 spiro atoms. The van der Waals surface area contributed by atoms with Crippen LogP contribution >= 0.6 is 0 Å². The van der Waals surface area contributed by atoms with Gasteiger partial charge >= 0.3 is 0 Å². The monoisotopic (exact) mass is 201 g/mol. The molecule has 0 saturated carbocycles. The highest BCUT2D eigenvalue weighted by atomic mass is 16.5. The van der Waals surface area contributed by atoms with Gasteiger partial charge in [0.25, 0.3) is 0 Å². The number of para-hydroxylation sites is 1. The third-order valence-electron chi connectivity index (χ3n) is 2.05. The second-order valence-electron chi connectivity index (χ2n) is 3.13. The molecule has 15 heavy (non-hydrogen) atoms. The first-order chi connectivity index (χ1) is 7.36. The van der Waals surface area contributed by atoms with E-state index in [4.69, 9.17) is 4.42 Å². The predicted octanol–water partition coefficient (Wildman–Crippen LogP) is 2.73. The molecule has 0 aliphatic rings. The third kappa shape index (κ3) is 2.47. The molecule has 0 atom stereocenters. The molecule has 1 aromatic carbocycles. The summed E-state index contributed by atoms with van der Waals surface area (Å²) in [5, 5.41) is 11.6. The van der Waals surface area contributed by atoms with Gasteiger partial charge in [0.1, 0.15) is 5.76 Å². The lowest BCUT2D eigenvalue weighted by Crippen LogP contribution is -1.99. The third-order valence-corrected chi connectivity index (χ3v) is 2.05. The first kappa shape index (κ1) is 9.52. The summed E-state index contributed by atoms with van der Waals surface area (Å²) in [7, 11) is 0. The number of benzene rings is 1. The Morgan fingerprint density at radius 2 is 1.93 bits per heavy atom. The minimum atomic E-state index is 0.505. The lowest BCUT2D eigenvalue weighted by atomic mass is 10.3. The minimum absolute atomic E-state index is 0.505. The van der Waals surface area contributed by atoms with Crippen molar-refractivity contribution >= 4 is 11.9 Å². The van der Waals surface area contributed by atoms with E-state index in [2.05, 4.69) is 0 Å². The molecule has 0 unspecified atom stereocenters. The van der Waals surface area contributed by atoms with Crippen LogP contribution in [0.25, 0.3) is 0 Å². The van der Waals surface area contributed by atoms with E-state index in [0.717, 1.165) is 10.5 Å². The van der Waals surface area contributed by atoms with Crippen molar-refractivity contribution in [2.45, 2.75) is 6.42 Å². The highest BCUT2D eigenvalue weighted by Gasteiger charge is 2.00. The summed E-state index contributed by atoms with van der Waals surface area (Å²) < 4.78 is 5.97. The molecular weight excluding hydrogens is 190 g/mol. The standard InChI is InChI=1S/C12H11NO2/c14-13(11-5-2-1-3-6-11)9-8-12-7-4-10-15-12/h1-7,9-10H,8H2/b13-9-. The van der Waals surface area contributed by atoms with Gasteiger partial charge in [-0.3, -0.25) is 0 Å². The summed E-state index contributed by atoms with van der Waals surface area (Å²) in [6, 6.07) is 12.7. The van der Waals surface area contributed by atoms with Crippen LogP contribution in [0.3, 0.4) is 0 Å². The fraction of sp³-hybridized carbons (Fsp3) is 0.0833. The summed E-state index contributed by atoms with van der Waals surface area (Å²) >= 11 is 0. The fourth-order valence-electron chi connectivity index (χ4n) is 1.28. The highest BCUT2D eigenvalue weighted by Crippen LogP contribution is 2.08. The SMILES string of the molecule is [O-]/[N+](=C\Cc1ccco1)c1ccccc1. The lowest BCUT2D eigenvalue weighted by Gasteiger charge is -2.01. The zero-order valence-electron chi connectivity index (χ0n) is 8.17. The molecule has 0 bridgehead atoms. The summed E-state index contributed by atoms with van der Waals surface area (Å²) in [6.07, 6.45) is 3.65. The van der Waals surface area contributed by atoms with Gasteiger partial charge in [0, 0.05) is 12.1 Å². The van der Waals surface area contributed by atoms with Crippen molar-refractivity contribution in [1.29, 1.82) is 0 Å².